The average molecular weight is 372 g/mol. The SMILES string of the molecule is O=C(COc1ccc(F)cc1F)NCC(O)COc1ccc(Cl)cc1. The summed E-state index contributed by atoms with van der Waals surface area (Å²) >= 11 is 5.74. The summed E-state index contributed by atoms with van der Waals surface area (Å²) in [5, 5.41) is 12.8. The van der Waals surface area contributed by atoms with E-state index in [0.717, 1.165) is 12.1 Å². The molecule has 2 aromatic carbocycles. The predicted octanol–water partition coefficient (Wildman–Crippen LogP) is 2.55. The number of carbonyl (C=O) groups is 1. The lowest BCUT2D eigenvalue weighted by molar-refractivity contribution is -0.123. The number of aliphatic hydroxyl groups excluding tert-OH is 1. The number of hydrogen-bond donors (Lipinski definition) is 2. The highest BCUT2D eigenvalue weighted by Gasteiger charge is 2.11. The highest BCUT2D eigenvalue weighted by Crippen LogP contribution is 2.17. The summed E-state index contributed by atoms with van der Waals surface area (Å²) < 4.78 is 36.4. The highest BCUT2D eigenvalue weighted by molar-refractivity contribution is 6.30. The Balaban J connectivity index is 1.67. The molecule has 0 fully saturated rings. The first kappa shape index (κ1) is 19.0. The van der Waals surface area contributed by atoms with Gasteiger partial charge in [-0.05, 0) is 36.4 Å². The Kier molecular flexibility index (Phi) is 6.97. The fourth-order valence-electron chi connectivity index (χ4n) is 1.80. The molecule has 1 atom stereocenters. The second-order valence-electron chi connectivity index (χ2n) is 5.09. The average Bonchev–Trinajstić information content (AvgIpc) is 2.58. The maximum atomic E-state index is 13.3. The lowest BCUT2D eigenvalue weighted by Crippen LogP contribution is -2.37. The molecule has 0 saturated heterocycles. The minimum atomic E-state index is -0.942. The Hall–Kier alpha value is -2.38. The van der Waals surface area contributed by atoms with E-state index < -0.39 is 30.3 Å². The van der Waals surface area contributed by atoms with Crippen molar-refractivity contribution in [3.63, 3.8) is 0 Å². The lowest BCUT2D eigenvalue weighted by atomic mass is 10.3. The second kappa shape index (κ2) is 9.19. The van der Waals surface area contributed by atoms with Gasteiger partial charge in [-0.2, -0.15) is 0 Å². The minimum absolute atomic E-state index is 0.0324. The Labute approximate surface area is 148 Å². The van der Waals surface area contributed by atoms with Gasteiger partial charge < -0.3 is 19.9 Å². The van der Waals surface area contributed by atoms with Gasteiger partial charge in [-0.15, -0.1) is 0 Å². The van der Waals surface area contributed by atoms with Gasteiger partial charge in [0.05, 0.1) is 0 Å². The molecule has 0 bridgehead atoms. The molecule has 0 aromatic heterocycles. The van der Waals surface area contributed by atoms with Crippen molar-refractivity contribution in [3.8, 4) is 11.5 Å². The third kappa shape index (κ3) is 6.56. The summed E-state index contributed by atoms with van der Waals surface area (Å²) in [5.41, 5.74) is 0. The number of benzene rings is 2. The van der Waals surface area contributed by atoms with Gasteiger partial charge in [0.1, 0.15) is 24.3 Å². The summed E-state index contributed by atoms with van der Waals surface area (Å²) in [6.07, 6.45) is -0.942. The first-order valence-corrected chi connectivity index (χ1v) is 7.73. The Morgan fingerprint density at radius 2 is 1.88 bits per heavy atom. The number of halogens is 3. The Morgan fingerprint density at radius 3 is 2.56 bits per heavy atom. The zero-order chi connectivity index (χ0) is 18.2. The third-order valence-electron chi connectivity index (χ3n) is 3.04. The van der Waals surface area contributed by atoms with Gasteiger partial charge in [-0.3, -0.25) is 4.79 Å². The maximum absolute atomic E-state index is 13.3. The number of hydrogen-bond acceptors (Lipinski definition) is 4. The molecule has 1 unspecified atom stereocenters. The van der Waals surface area contributed by atoms with E-state index in [9.17, 15) is 18.7 Å². The summed E-state index contributed by atoms with van der Waals surface area (Å²) in [7, 11) is 0. The summed E-state index contributed by atoms with van der Waals surface area (Å²) in [5.74, 6) is -1.90. The van der Waals surface area contributed by atoms with Gasteiger partial charge in [0.2, 0.25) is 0 Å². The summed E-state index contributed by atoms with van der Waals surface area (Å²) in [6, 6.07) is 9.37. The molecule has 0 saturated carbocycles. The molecule has 2 N–H and O–H groups in total. The number of amides is 1. The molecular weight excluding hydrogens is 356 g/mol. The van der Waals surface area contributed by atoms with E-state index in [1.54, 1.807) is 24.3 Å². The van der Waals surface area contributed by atoms with Crippen molar-refractivity contribution in [2.45, 2.75) is 6.10 Å². The first-order chi connectivity index (χ1) is 11.9. The quantitative estimate of drug-likeness (QED) is 0.748. The molecule has 0 radical (unpaired) electrons. The monoisotopic (exact) mass is 371 g/mol. The van der Waals surface area contributed by atoms with Gasteiger partial charge in [0.25, 0.3) is 5.91 Å². The first-order valence-electron chi connectivity index (χ1n) is 7.35. The van der Waals surface area contributed by atoms with Gasteiger partial charge in [0.15, 0.2) is 18.2 Å². The van der Waals surface area contributed by atoms with E-state index in [1.807, 2.05) is 0 Å². The molecule has 0 aliphatic carbocycles. The lowest BCUT2D eigenvalue weighted by Gasteiger charge is -2.13. The summed E-state index contributed by atoms with van der Waals surface area (Å²) in [6.45, 7) is -0.565. The Morgan fingerprint density at radius 1 is 1.16 bits per heavy atom. The number of aliphatic hydroxyl groups is 1. The standard InChI is InChI=1S/C17H16ClF2NO4/c18-11-1-4-14(5-2-11)24-9-13(22)8-21-17(23)10-25-16-6-3-12(19)7-15(16)20/h1-7,13,22H,8-10H2,(H,21,23). The molecule has 1 amide bonds. The largest absolute Gasteiger partial charge is 0.491 e. The van der Waals surface area contributed by atoms with Gasteiger partial charge >= 0.3 is 0 Å². The zero-order valence-corrected chi connectivity index (χ0v) is 13.8. The van der Waals surface area contributed by atoms with Crippen LogP contribution >= 0.6 is 11.6 Å². The van der Waals surface area contributed by atoms with E-state index in [4.69, 9.17) is 21.1 Å². The Bertz CT molecular complexity index is 712. The zero-order valence-electron chi connectivity index (χ0n) is 13.0. The van der Waals surface area contributed by atoms with Crippen LogP contribution < -0.4 is 14.8 Å². The molecule has 0 aliphatic rings. The van der Waals surface area contributed by atoms with Crippen LogP contribution in [0, 0.1) is 11.6 Å². The van der Waals surface area contributed by atoms with Crippen LogP contribution in [0.3, 0.4) is 0 Å². The topological polar surface area (TPSA) is 67.8 Å². The van der Waals surface area contributed by atoms with Crippen LogP contribution in [-0.2, 0) is 4.79 Å². The van der Waals surface area contributed by atoms with Crippen LogP contribution in [0.2, 0.25) is 5.02 Å². The molecule has 134 valence electrons. The van der Waals surface area contributed by atoms with Gasteiger partial charge in [-0.25, -0.2) is 8.78 Å². The van der Waals surface area contributed by atoms with Gasteiger partial charge in [-0.1, -0.05) is 11.6 Å². The van der Waals surface area contributed by atoms with Crippen molar-refractivity contribution in [2.24, 2.45) is 0 Å². The second-order valence-corrected chi connectivity index (χ2v) is 5.52. The molecule has 0 spiro atoms. The van der Waals surface area contributed by atoms with E-state index >= 15 is 0 Å². The van der Waals surface area contributed by atoms with Crippen LogP contribution in [0.1, 0.15) is 0 Å². The molecule has 8 heteroatoms. The summed E-state index contributed by atoms with van der Waals surface area (Å²) in [4.78, 5) is 11.6. The molecule has 5 nitrogen and oxygen atoms in total. The van der Waals surface area contributed by atoms with Gasteiger partial charge in [0, 0.05) is 17.6 Å². The highest BCUT2D eigenvalue weighted by atomic mass is 35.5. The van der Waals surface area contributed by atoms with Crippen LogP contribution in [-0.4, -0.2) is 36.9 Å². The predicted molar refractivity (Wildman–Crippen MR) is 87.8 cm³/mol. The van der Waals surface area contributed by atoms with E-state index in [1.165, 1.54) is 0 Å². The van der Waals surface area contributed by atoms with Crippen molar-refractivity contribution in [1.82, 2.24) is 5.32 Å². The number of nitrogens with one attached hydrogen (secondary N) is 1. The number of rotatable bonds is 8. The van der Waals surface area contributed by atoms with Crippen molar-refractivity contribution in [2.75, 3.05) is 19.8 Å². The fourth-order valence-corrected chi connectivity index (χ4v) is 1.93. The van der Waals surface area contributed by atoms with Crippen molar-refractivity contribution in [1.29, 1.82) is 0 Å². The van der Waals surface area contributed by atoms with Crippen molar-refractivity contribution in [3.05, 3.63) is 59.1 Å². The van der Waals surface area contributed by atoms with Crippen LogP contribution in [0.4, 0.5) is 8.78 Å². The molecule has 0 heterocycles. The molecule has 0 aliphatic heterocycles. The third-order valence-corrected chi connectivity index (χ3v) is 3.30. The number of carbonyl (C=O) groups excluding carboxylic acids is 1. The molecular formula is C17H16ClF2NO4. The molecule has 25 heavy (non-hydrogen) atoms. The fraction of sp³-hybridized carbons (Fsp3) is 0.235. The molecule has 2 rings (SSSR count). The smallest absolute Gasteiger partial charge is 0.258 e. The van der Waals surface area contributed by atoms with E-state index in [0.29, 0.717) is 16.8 Å². The normalized spacial score (nSPS) is 11.7. The van der Waals surface area contributed by atoms with E-state index in [2.05, 4.69) is 5.32 Å². The van der Waals surface area contributed by atoms with E-state index in [-0.39, 0.29) is 18.9 Å². The van der Waals surface area contributed by atoms with Crippen molar-refractivity contribution < 1.29 is 28.2 Å². The van der Waals surface area contributed by atoms with Crippen LogP contribution in [0.5, 0.6) is 11.5 Å². The maximum Gasteiger partial charge on any atom is 0.258 e. The van der Waals surface area contributed by atoms with Crippen LogP contribution in [0.15, 0.2) is 42.5 Å². The van der Waals surface area contributed by atoms with Crippen LogP contribution in [0.25, 0.3) is 0 Å². The molecule has 2 aromatic rings. The number of ether oxygens (including phenoxy) is 2. The minimum Gasteiger partial charge on any atom is -0.491 e. The van der Waals surface area contributed by atoms with Crippen molar-refractivity contribution >= 4 is 17.5 Å².